The number of rotatable bonds is 4. The number of amides is 1. The monoisotopic (exact) mass is 261 g/mol. The molecule has 5 nitrogen and oxygen atoms in total. The van der Waals surface area contributed by atoms with Crippen molar-refractivity contribution < 1.29 is 9.53 Å². The van der Waals surface area contributed by atoms with E-state index >= 15 is 0 Å². The third-order valence-electron chi connectivity index (χ3n) is 3.60. The lowest BCUT2D eigenvalue weighted by atomic mass is 10.2. The molecule has 0 radical (unpaired) electrons. The Kier molecular flexibility index (Phi) is 3.38. The lowest BCUT2D eigenvalue weighted by molar-refractivity contribution is -0.127. The maximum Gasteiger partial charge on any atom is 0.255 e. The van der Waals surface area contributed by atoms with Crippen LogP contribution in [-0.4, -0.2) is 36.7 Å². The first-order chi connectivity index (χ1) is 9.24. The molecule has 1 aliphatic carbocycles. The number of hydrogen-bond donors (Lipinski definition) is 1. The Morgan fingerprint density at radius 1 is 1.42 bits per heavy atom. The van der Waals surface area contributed by atoms with Crippen LogP contribution < -0.4 is 10.2 Å². The first-order valence-electron chi connectivity index (χ1n) is 6.86. The molecule has 3 rings (SSSR count). The van der Waals surface area contributed by atoms with Crippen LogP contribution >= 0.6 is 0 Å². The van der Waals surface area contributed by atoms with E-state index in [9.17, 15) is 4.79 Å². The summed E-state index contributed by atoms with van der Waals surface area (Å²) in [7, 11) is 1.77. The summed E-state index contributed by atoms with van der Waals surface area (Å²) in [6.07, 6.45) is 5.68. The Morgan fingerprint density at radius 2 is 2.26 bits per heavy atom. The van der Waals surface area contributed by atoms with Crippen molar-refractivity contribution in [3.63, 3.8) is 0 Å². The van der Waals surface area contributed by atoms with Crippen LogP contribution in [0.2, 0.25) is 0 Å². The van der Waals surface area contributed by atoms with E-state index in [4.69, 9.17) is 4.74 Å². The van der Waals surface area contributed by atoms with Gasteiger partial charge in [-0.1, -0.05) is 0 Å². The number of nitrogens with zero attached hydrogens (tertiary/aromatic N) is 2. The van der Waals surface area contributed by atoms with Gasteiger partial charge in [0.25, 0.3) is 5.91 Å². The van der Waals surface area contributed by atoms with Crippen molar-refractivity contribution in [2.75, 3.05) is 23.9 Å². The first kappa shape index (κ1) is 12.4. The van der Waals surface area contributed by atoms with Crippen molar-refractivity contribution >= 4 is 17.4 Å². The van der Waals surface area contributed by atoms with E-state index in [1.54, 1.807) is 18.1 Å². The average molecular weight is 261 g/mol. The van der Waals surface area contributed by atoms with Crippen molar-refractivity contribution in [2.24, 2.45) is 0 Å². The number of anilines is 2. The molecule has 1 saturated carbocycles. The molecule has 5 heteroatoms. The molecular formula is C14H19N3O2. The normalized spacial score (nSPS) is 22.3. The van der Waals surface area contributed by atoms with Crippen LogP contribution in [0.5, 0.6) is 0 Å². The Bertz CT molecular complexity index is 450. The van der Waals surface area contributed by atoms with E-state index in [1.807, 2.05) is 12.1 Å². The molecule has 1 aliphatic heterocycles. The third kappa shape index (κ3) is 2.87. The number of carbonyl (C=O) groups excluding carboxylic acids is 1. The van der Waals surface area contributed by atoms with Gasteiger partial charge in [0.05, 0.1) is 11.9 Å². The number of nitrogens with one attached hydrogen (secondary N) is 1. The predicted molar refractivity (Wildman–Crippen MR) is 73.3 cm³/mol. The average Bonchev–Trinajstić information content (AvgIpc) is 3.08. The summed E-state index contributed by atoms with van der Waals surface area (Å²) in [6, 6.07) is 4.43. The number of ether oxygens (including phenoxy) is 1. The fourth-order valence-electron chi connectivity index (χ4n) is 2.22. The highest BCUT2D eigenvalue weighted by molar-refractivity contribution is 5.96. The summed E-state index contributed by atoms with van der Waals surface area (Å²) in [5.41, 5.74) is 0.807. The molecule has 2 aliphatic rings. The summed E-state index contributed by atoms with van der Waals surface area (Å²) in [5, 5.41) is 3.33. The van der Waals surface area contributed by atoms with Gasteiger partial charge in [0.1, 0.15) is 11.9 Å². The molecule has 2 heterocycles. The van der Waals surface area contributed by atoms with Crippen molar-refractivity contribution in [3.8, 4) is 0 Å². The van der Waals surface area contributed by atoms with Crippen molar-refractivity contribution in [3.05, 3.63) is 18.3 Å². The molecule has 1 aromatic rings. The zero-order valence-corrected chi connectivity index (χ0v) is 11.1. The minimum atomic E-state index is -0.283. The van der Waals surface area contributed by atoms with Crippen LogP contribution in [0.3, 0.4) is 0 Å². The molecule has 1 N–H and O–H groups in total. The van der Waals surface area contributed by atoms with E-state index < -0.39 is 0 Å². The molecule has 1 amide bonds. The lowest BCUT2D eigenvalue weighted by Gasteiger charge is -2.20. The summed E-state index contributed by atoms with van der Waals surface area (Å²) in [5.74, 6) is 0.895. The Balaban J connectivity index is 1.64. The highest BCUT2D eigenvalue weighted by Gasteiger charge is 2.27. The summed E-state index contributed by atoms with van der Waals surface area (Å²) in [4.78, 5) is 18.1. The number of carbonyl (C=O) groups is 1. The molecule has 0 spiro atoms. The van der Waals surface area contributed by atoms with E-state index in [0.29, 0.717) is 12.6 Å². The minimum Gasteiger partial charge on any atom is -0.368 e. The SMILES string of the molecule is CN(C(=O)C1CCCO1)c1ccc(NC2CC2)nc1. The zero-order chi connectivity index (χ0) is 13.2. The molecule has 0 aromatic carbocycles. The number of hydrogen-bond acceptors (Lipinski definition) is 4. The molecular weight excluding hydrogens is 242 g/mol. The molecule has 0 bridgehead atoms. The van der Waals surface area contributed by atoms with Crippen molar-refractivity contribution in [2.45, 2.75) is 37.8 Å². The standard InChI is InChI=1S/C14H19N3O2/c1-17(14(18)12-3-2-8-19-12)11-6-7-13(15-9-11)16-10-4-5-10/h6-7,9-10,12H,2-5,8H2,1H3,(H,15,16). The van der Waals surface area contributed by atoms with Crippen LogP contribution in [0.4, 0.5) is 11.5 Å². The summed E-state index contributed by atoms with van der Waals surface area (Å²) >= 11 is 0. The lowest BCUT2D eigenvalue weighted by Crippen LogP contribution is -2.36. The van der Waals surface area contributed by atoms with E-state index in [-0.39, 0.29) is 12.0 Å². The molecule has 2 fully saturated rings. The Hall–Kier alpha value is -1.62. The molecule has 1 atom stereocenters. The quantitative estimate of drug-likeness (QED) is 0.898. The second-order valence-electron chi connectivity index (χ2n) is 5.22. The van der Waals surface area contributed by atoms with Crippen LogP contribution in [0.25, 0.3) is 0 Å². The third-order valence-corrected chi connectivity index (χ3v) is 3.60. The van der Waals surface area contributed by atoms with E-state index in [2.05, 4.69) is 10.3 Å². The fourth-order valence-corrected chi connectivity index (χ4v) is 2.22. The second-order valence-corrected chi connectivity index (χ2v) is 5.22. The molecule has 19 heavy (non-hydrogen) atoms. The van der Waals surface area contributed by atoms with Gasteiger partial charge >= 0.3 is 0 Å². The van der Waals surface area contributed by atoms with Crippen LogP contribution in [-0.2, 0) is 9.53 Å². The Labute approximate surface area is 113 Å². The maximum atomic E-state index is 12.2. The van der Waals surface area contributed by atoms with Gasteiger partial charge in [0.15, 0.2) is 0 Å². The topological polar surface area (TPSA) is 54.5 Å². The van der Waals surface area contributed by atoms with Gasteiger partial charge in [-0.3, -0.25) is 4.79 Å². The number of likely N-dealkylation sites (N-methyl/N-ethyl adjacent to an activating group) is 1. The molecule has 1 unspecified atom stereocenters. The molecule has 1 aromatic heterocycles. The minimum absolute atomic E-state index is 0.0159. The smallest absolute Gasteiger partial charge is 0.255 e. The first-order valence-corrected chi connectivity index (χ1v) is 6.86. The van der Waals surface area contributed by atoms with Gasteiger partial charge in [0, 0.05) is 19.7 Å². The largest absolute Gasteiger partial charge is 0.368 e. The second kappa shape index (κ2) is 5.17. The summed E-state index contributed by atoms with van der Waals surface area (Å²) in [6.45, 7) is 0.687. The Morgan fingerprint density at radius 3 is 2.84 bits per heavy atom. The molecule has 1 saturated heterocycles. The van der Waals surface area contributed by atoms with Gasteiger partial charge in [-0.2, -0.15) is 0 Å². The van der Waals surface area contributed by atoms with E-state index in [1.165, 1.54) is 12.8 Å². The van der Waals surface area contributed by atoms with Gasteiger partial charge in [-0.25, -0.2) is 4.98 Å². The zero-order valence-electron chi connectivity index (χ0n) is 11.1. The van der Waals surface area contributed by atoms with Crippen molar-refractivity contribution in [1.29, 1.82) is 0 Å². The van der Waals surface area contributed by atoms with Gasteiger partial charge in [-0.15, -0.1) is 0 Å². The number of pyridine rings is 1. The van der Waals surface area contributed by atoms with E-state index in [0.717, 1.165) is 24.3 Å². The van der Waals surface area contributed by atoms with Gasteiger partial charge in [0.2, 0.25) is 0 Å². The number of aromatic nitrogens is 1. The molecule has 102 valence electrons. The van der Waals surface area contributed by atoms with Crippen LogP contribution in [0.15, 0.2) is 18.3 Å². The van der Waals surface area contributed by atoms with Crippen LogP contribution in [0.1, 0.15) is 25.7 Å². The summed E-state index contributed by atoms with van der Waals surface area (Å²) < 4.78 is 5.42. The fraction of sp³-hybridized carbons (Fsp3) is 0.571. The van der Waals surface area contributed by atoms with Crippen molar-refractivity contribution in [1.82, 2.24) is 4.98 Å². The highest BCUT2D eigenvalue weighted by Crippen LogP contribution is 2.25. The highest BCUT2D eigenvalue weighted by atomic mass is 16.5. The van der Waals surface area contributed by atoms with Gasteiger partial charge in [-0.05, 0) is 37.8 Å². The van der Waals surface area contributed by atoms with Crippen LogP contribution in [0, 0.1) is 0 Å². The predicted octanol–water partition coefficient (Wildman–Crippen LogP) is 1.80. The van der Waals surface area contributed by atoms with Gasteiger partial charge < -0.3 is 15.0 Å². The maximum absolute atomic E-state index is 12.2.